The molecule has 4 N–H and O–H groups in total. The summed E-state index contributed by atoms with van der Waals surface area (Å²) in [7, 11) is 3.08. The first-order valence-corrected chi connectivity index (χ1v) is 9.92. The van der Waals surface area contributed by atoms with Crippen molar-refractivity contribution in [3.8, 4) is 5.75 Å². The number of allylic oxidation sites excluding steroid dienone is 1. The number of para-hydroxylation sites is 1. The van der Waals surface area contributed by atoms with Crippen LogP contribution in [-0.2, 0) is 6.42 Å². The number of nitrogens with two attached hydrogens (primary N) is 1. The minimum Gasteiger partial charge on any atom is -0.507 e. The molecule has 0 heterocycles. The van der Waals surface area contributed by atoms with Gasteiger partial charge in [0.2, 0.25) is 0 Å². The number of carbonyl (C=O) groups excluding carboxylic acids is 1. The van der Waals surface area contributed by atoms with E-state index in [0.29, 0.717) is 17.7 Å². The van der Waals surface area contributed by atoms with Gasteiger partial charge in [-0.1, -0.05) is 49.0 Å². The van der Waals surface area contributed by atoms with Crippen LogP contribution in [0.5, 0.6) is 5.75 Å². The van der Waals surface area contributed by atoms with E-state index in [9.17, 15) is 23.1 Å². The molecule has 0 fully saturated rings. The molecule has 0 saturated carbocycles. The third kappa shape index (κ3) is 6.25. The van der Waals surface area contributed by atoms with Crippen LogP contribution < -0.4 is 10.5 Å². The second kappa shape index (κ2) is 10.4. The fourth-order valence-electron chi connectivity index (χ4n) is 2.84. The van der Waals surface area contributed by atoms with Crippen LogP contribution in [-0.4, -0.2) is 41.9 Å². The largest absolute Gasteiger partial charge is 0.507 e. The first-order valence-electron chi connectivity index (χ1n) is 9.09. The van der Waals surface area contributed by atoms with Crippen molar-refractivity contribution in [2.24, 2.45) is 9.54 Å². The monoisotopic (exact) mass is 452 g/mol. The summed E-state index contributed by atoms with van der Waals surface area (Å²) in [6.07, 6.45) is -4.68. The highest BCUT2D eigenvalue weighted by Gasteiger charge is 2.41. The molecule has 2 aromatic carbocycles. The average Bonchev–Trinajstić information content (AvgIpc) is 2.72. The van der Waals surface area contributed by atoms with Gasteiger partial charge in [0.05, 0.1) is 29.1 Å². The molecule has 0 aromatic heterocycles. The van der Waals surface area contributed by atoms with Gasteiger partial charge in [-0.15, -0.1) is 0 Å². The molecule has 0 aliphatic heterocycles. The molecule has 31 heavy (non-hydrogen) atoms. The first kappa shape index (κ1) is 24.3. The topological polar surface area (TPSA) is 91.0 Å². The summed E-state index contributed by atoms with van der Waals surface area (Å²) in [5.74, 6) is -0.691. The third-order valence-corrected chi connectivity index (χ3v) is 4.73. The van der Waals surface area contributed by atoms with E-state index in [0.717, 1.165) is 0 Å². The standard InChI is InChI=1S/C21H23F3N4O2S/c1-13(26-19(21(22,23)24)14-8-5-4-6-9-14)17(27-31-25)12-15-10-7-11-16(18(15)29)20(30)28(2)3/h4-11,19,26,29H,1,12,25H2,2-3H3/b27-17-. The molecule has 0 aliphatic carbocycles. The molecule has 0 saturated heterocycles. The molecule has 2 aromatic rings. The predicted molar refractivity (Wildman–Crippen MR) is 117 cm³/mol. The Morgan fingerprint density at radius 1 is 1.23 bits per heavy atom. The number of hydrogen-bond donors (Lipinski definition) is 3. The van der Waals surface area contributed by atoms with E-state index in [1.165, 1.54) is 35.2 Å². The molecular weight excluding hydrogens is 429 g/mol. The van der Waals surface area contributed by atoms with Crippen molar-refractivity contribution >= 4 is 23.8 Å². The van der Waals surface area contributed by atoms with Gasteiger partial charge < -0.3 is 15.3 Å². The molecular formula is C21H23F3N4O2S. The van der Waals surface area contributed by atoms with Crippen LogP contribution in [0.3, 0.4) is 0 Å². The summed E-state index contributed by atoms with van der Waals surface area (Å²) in [6.45, 7) is 3.70. The quantitative estimate of drug-likeness (QED) is 0.416. The molecule has 0 spiro atoms. The SMILES string of the molecule is C=C(NC(c1ccccc1)C(F)(F)F)/C(Cc1cccc(C(=O)N(C)C)c1O)=N\SN. The number of alkyl halides is 3. The first-order chi connectivity index (χ1) is 14.6. The normalized spacial score (nSPS) is 12.9. The van der Waals surface area contributed by atoms with Crippen molar-refractivity contribution in [3.05, 3.63) is 77.5 Å². The highest BCUT2D eigenvalue weighted by molar-refractivity contribution is 7.95. The number of amides is 1. The van der Waals surface area contributed by atoms with E-state index in [1.807, 2.05) is 0 Å². The van der Waals surface area contributed by atoms with Crippen molar-refractivity contribution in [1.82, 2.24) is 10.2 Å². The van der Waals surface area contributed by atoms with Crippen molar-refractivity contribution in [2.45, 2.75) is 18.6 Å². The van der Waals surface area contributed by atoms with Crippen LogP contribution in [0.1, 0.15) is 27.5 Å². The number of benzene rings is 2. The van der Waals surface area contributed by atoms with Crippen molar-refractivity contribution < 1.29 is 23.1 Å². The number of aromatic hydroxyl groups is 1. The smallest absolute Gasteiger partial charge is 0.412 e. The van der Waals surface area contributed by atoms with Gasteiger partial charge in [0.1, 0.15) is 11.8 Å². The molecule has 6 nitrogen and oxygen atoms in total. The highest BCUT2D eigenvalue weighted by atomic mass is 32.2. The zero-order valence-electron chi connectivity index (χ0n) is 17.0. The Morgan fingerprint density at radius 2 is 1.87 bits per heavy atom. The number of nitrogens with one attached hydrogen (secondary N) is 1. The number of hydrogen-bond acceptors (Lipinski definition) is 6. The molecule has 0 bridgehead atoms. The number of carbonyl (C=O) groups is 1. The van der Waals surface area contributed by atoms with Gasteiger partial charge in [0, 0.05) is 26.1 Å². The molecule has 0 aliphatic rings. The lowest BCUT2D eigenvalue weighted by Crippen LogP contribution is -2.35. The maximum atomic E-state index is 13.7. The summed E-state index contributed by atoms with van der Waals surface area (Å²) in [5, 5.41) is 18.3. The Bertz CT molecular complexity index is 963. The van der Waals surface area contributed by atoms with E-state index in [4.69, 9.17) is 5.14 Å². The maximum absolute atomic E-state index is 13.7. The van der Waals surface area contributed by atoms with E-state index in [2.05, 4.69) is 16.3 Å². The van der Waals surface area contributed by atoms with Crippen LogP contribution in [0.25, 0.3) is 0 Å². The van der Waals surface area contributed by atoms with E-state index in [1.54, 1.807) is 32.3 Å². The van der Waals surface area contributed by atoms with E-state index < -0.39 is 18.1 Å². The molecule has 2 rings (SSSR count). The van der Waals surface area contributed by atoms with Gasteiger partial charge in [-0.2, -0.15) is 13.2 Å². The zero-order chi connectivity index (χ0) is 23.2. The Balaban J connectivity index is 2.32. The number of phenols is 1. The van der Waals surface area contributed by atoms with Crippen molar-refractivity contribution in [3.63, 3.8) is 0 Å². The molecule has 0 radical (unpaired) electrons. The lowest BCUT2D eigenvalue weighted by Gasteiger charge is -2.25. The Morgan fingerprint density at radius 3 is 2.42 bits per heavy atom. The van der Waals surface area contributed by atoms with Gasteiger partial charge >= 0.3 is 6.18 Å². The minimum absolute atomic E-state index is 0.0114. The summed E-state index contributed by atoms with van der Waals surface area (Å²) < 4.78 is 45.0. The van der Waals surface area contributed by atoms with Crippen LogP contribution in [0, 0.1) is 0 Å². The second-order valence-electron chi connectivity index (χ2n) is 6.84. The molecule has 1 amide bonds. The van der Waals surface area contributed by atoms with Crippen LogP contribution in [0.2, 0.25) is 0 Å². The molecule has 1 unspecified atom stereocenters. The van der Waals surface area contributed by atoms with Gasteiger partial charge in [0.25, 0.3) is 5.91 Å². The number of nitrogens with zero attached hydrogens (tertiary/aromatic N) is 2. The van der Waals surface area contributed by atoms with E-state index in [-0.39, 0.29) is 34.7 Å². The number of phenolic OH excluding ortho intramolecular Hbond substituents is 1. The van der Waals surface area contributed by atoms with Gasteiger partial charge in [-0.25, -0.2) is 4.40 Å². The summed E-state index contributed by atoms with van der Waals surface area (Å²) in [4.78, 5) is 13.5. The lowest BCUT2D eigenvalue weighted by atomic mass is 10.0. The zero-order valence-corrected chi connectivity index (χ0v) is 17.8. The lowest BCUT2D eigenvalue weighted by molar-refractivity contribution is -0.155. The highest BCUT2D eigenvalue weighted by Crippen LogP contribution is 2.34. The minimum atomic E-state index is -4.59. The summed E-state index contributed by atoms with van der Waals surface area (Å²) >= 11 is 0.558. The van der Waals surface area contributed by atoms with E-state index >= 15 is 0 Å². The molecule has 10 heteroatoms. The van der Waals surface area contributed by atoms with Crippen molar-refractivity contribution in [2.75, 3.05) is 14.1 Å². The van der Waals surface area contributed by atoms with Gasteiger partial charge in [0.15, 0.2) is 0 Å². The Hall–Kier alpha value is -2.98. The van der Waals surface area contributed by atoms with Crippen molar-refractivity contribution in [1.29, 1.82) is 0 Å². The number of rotatable bonds is 8. The summed E-state index contributed by atoms with van der Waals surface area (Å²) in [5.41, 5.74) is 0.373. The van der Waals surface area contributed by atoms with Crippen LogP contribution >= 0.6 is 12.1 Å². The molecule has 166 valence electrons. The van der Waals surface area contributed by atoms with Crippen LogP contribution in [0.4, 0.5) is 13.2 Å². The summed E-state index contributed by atoms with van der Waals surface area (Å²) in [6, 6.07) is 9.91. The Labute approximate surface area is 182 Å². The van der Waals surface area contributed by atoms with Gasteiger partial charge in [-0.05, 0) is 11.6 Å². The maximum Gasteiger partial charge on any atom is 0.412 e. The number of halogens is 3. The predicted octanol–water partition coefficient (Wildman–Crippen LogP) is 4.01. The fraction of sp³-hybridized carbons (Fsp3) is 0.238. The average molecular weight is 453 g/mol. The molecule has 1 atom stereocenters. The van der Waals surface area contributed by atoms with Gasteiger partial charge in [-0.3, -0.25) is 9.93 Å². The fourth-order valence-corrected chi connectivity index (χ4v) is 3.14. The Kier molecular flexibility index (Phi) is 8.12. The second-order valence-corrected chi connectivity index (χ2v) is 7.23. The van der Waals surface area contributed by atoms with Crippen LogP contribution in [0.15, 0.2) is 65.2 Å². The third-order valence-electron chi connectivity index (χ3n) is 4.40.